The summed E-state index contributed by atoms with van der Waals surface area (Å²) < 4.78 is 0. The zero-order chi connectivity index (χ0) is 9.26. The second-order valence-corrected chi connectivity index (χ2v) is 3.06. The van der Waals surface area contributed by atoms with Gasteiger partial charge in [-0.05, 0) is 23.9 Å². The zero-order valence-corrected chi connectivity index (χ0v) is 7.50. The number of pyridine rings is 1. The summed E-state index contributed by atoms with van der Waals surface area (Å²) in [5.74, 6) is 0. The lowest BCUT2D eigenvalue weighted by atomic mass is 10.1. The smallest absolute Gasteiger partial charge is 0.251 e. The first kappa shape index (κ1) is 8.05. The molecule has 0 amide bonds. The number of nitrogens with one attached hydrogen (secondary N) is 1. The largest absolute Gasteiger partial charge is 0.322 e. The molecule has 0 aliphatic heterocycles. The molecule has 0 saturated heterocycles. The van der Waals surface area contributed by atoms with Gasteiger partial charge in [0.25, 0.3) is 5.56 Å². The lowest BCUT2D eigenvalue weighted by Crippen LogP contribution is -2.10. The van der Waals surface area contributed by atoms with Crippen molar-refractivity contribution in [2.45, 2.75) is 13.3 Å². The van der Waals surface area contributed by atoms with E-state index < -0.39 is 0 Å². The Bertz CT molecular complexity index is 485. The second kappa shape index (κ2) is 3.05. The summed E-state index contributed by atoms with van der Waals surface area (Å²) in [7, 11) is 0. The standard InChI is InChI=1S/C11H11NO/c1-2-8-7-9-5-3-4-6-10(9)12-11(8)13/h3-7H,2H2,1H3,(H,12,13). The summed E-state index contributed by atoms with van der Waals surface area (Å²) in [5.41, 5.74) is 1.78. The monoisotopic (exact) mass is 173 g/mol. The van der Waals surface area contributed by atoms with Gasteiger partial charge < -0.3 is 4.98 Å². The number of aromatic amines is 1. The van der Waals surface area contributed by atoms with Gasteiger partial charge in [0.2, 0.25) is 0 Å². The molecule has 1 aromatic carbocycles. The molecular formula is C11H11NO. The molecule has 0 radical (unpaired) electrons. The number of hydrogen-bond acceptors (Lipinski definition) is 1. The number of benzene rings is 1. The minimum Gasteiger partial charge on any atom is -0.322 e. The molecule has 1 N–H and O–H groups in total. The quantitative estimate of drug-likeness (QED) is 0.703. The van der Waals surface area contributed by atoms with E-state index >= 15 is 0 Å². The zero-order valence-electron chi connectivity index (χ0n) is 7.50. The van der Waals surface area contributed by atoms with E-state index in [2.05, 4.69) is 4.98 Å². The molecule has 0 aliphatic carbocycles. The van der Waals surface area contributed by atoms with Gasteiger partial charge in [-0.1, -0.05) is 25.1 Å². The van der Waals surface area contributed by atoms with Crippen LogP contribution in [0.4, 0.5) is 0 Å². The highest BCUT2D eigenvalue weighted by molar-refractivity contribution is 5.78. The third-order valence-electron chi connectivity index (χ3n) is 2.21. The van der Waals surface area contributed by atoms with E-state index in [1.54, 1.807) is 0 Å². The molecule has 2 nitrogen and oxygen atoms in total. The van der Waals surface area contributed by atoms with E-state index in [0.717, 1.165) is 22.9 Å². The van der Waals surface area contributed by atoms with Gasteiger partial charge in [0.15, 0.2) is 0 Å². The minimum absolute atomic E-state index is 0.0289. The highest BCUT2D eigenvalue weighted by Gasteiger charge is 1.98. The van der Waals surface area contributed by atoms with Gasteiger partial charge in [0.1, 0.15) is 0 Å². The van der Waals surface area contributed by atoms with E-state index in [0.29, 0.717) is 0 Å². The van der Waals surface area contributed by atoms with Crippen LogP contribution in [-0.2, 0) is 6.42 Å². The topological polar surface area (TPSA) is 32.9 Å². The maximum atomic E-state index is 11.4. The van der Waals surface area contributed by atoms with Crippen molar-refractivity contribution < 1.29 is 0 Å². The van der Waals surface area contributed by atoms with Crippen LogP contribution in [0.5, 0.6) is 0 Å². The van der Waals surface area contributed by atoms with Crippen molar-refractivity contribution in [2.75, 3.05) is 0 Å². The maximum absolute atomic E-state index is 11.4. The fraction of sp³-hybridized carbons (Fsp3) is 0.182. The molecule has 0 saturated carbocycles. The lowest BCUT2D eigenvalue weighted by molar-refractivity contribution is 1.08. The summed E-state index contributed by atoms with van der Waals surface area (Å²) in [6, 6.07) is 9.76. The predicted molar refractivity (Wildman–Crippen MR) is 53.9 cm³/mol. The summed E-state index contributed by atoms with van der Waals surface area (Å²) in [4.78, 5) is 14.3. The molecule has 1 aromatic heterocycles. The van der Waals surface area contributed by atoms with Crippen LogP contribution in [0.25, 0.3) is 10.9 Å². The summed E-state index contributed by atoms with van der Waals surface area (Å²) in [6.45, 7) is 1.99. The molecule has 1 heterocycles. The number of hydrogen-bond donors (Lipinski definition) is 1. The Morgan fingerprint density at radius 1 is 1.31 bits per heavy atom. The van der Waals surface area contributed by atoms with Crippen molar-refractivity contribution >= 4 is 10.9 Å². The van der Waals surface area contributed by atoms with Crippen molar-refractivity contribution in [2.24, 2.45) is 0 Å². The summed E-state index contributed by atoms with van der Waals surface area (Å²) in [6.07, 6.45) is 0.778. The van der Waals surface area contributed by atoms with E-state index in [9.17, 15) is 4.79 Å². The molecule has 0 unspecified atom stereocenters. The van der Waals surface area contributed by atoms with Crippen LogP contribution in [0.1, 0.15) is 12.5 Å². The Balaban J connectivity index is 2.81. The fourth-order valence-corrected chi connectivity index (χ4v) is 1.46. The Morgan fingerprint density at radius 3 is 2.85 bits per heavy atom. The van der Waals surface area contributed by atoms with Crippen molar-refractivity contribution in [1.29, 1.82) is 0 Å². The predicted octanol–water partition coefficient (Wildman–Crippen LogP) is 2.09. The van der Waals surface area contributed by atoms with E-state index in [4.69, 9.17) is 0 Å². The third-order valence-corrected chi connectivity index (χ3v) is 2.21. The van der Waals surface area contributed by atoms with Gasteiger partial charge in [0, 0.05) is 11.1 Å². The first-order valence-electron chi connectivity index (χ1n) is 4.42. The summed E-state index contributed by atoms with van der Waals surface area (Å²) >= 11 is 0. The number of aromatic nitrogens is 1. The lowest BCUT2D eigenvalue weighted by Gasteiger charge is -1.99. The van der Waals surface area contributed by atoms with Gasteiger partial charge in [0.05, 0.1) is 0 Å². The Kier molecular flexibility index (Phi) is 1.89. The van der Waals surface area contributed by atoms with Crippen LogP contribution in [0.2, 0.25) is 0 Å². The average molecular weight is 173 g/mol. The van der Waals surface area contributed by atoms with Gasteiger partial charge in [-0.25, -0.2) is 0 Å². The average Bonchev–Trinajstić information content (AvgIpc) is 2.17. The number of rotatable bonds is 1. The van der Waals surface area contributed by atoms with E-state index in [1.807, 2.05) is 37.3 Å². The van der Waals surface area contributed by atoms with Gasteiger partial charge >= 0.3 is 0 Å². The molecule has 0 bridgehead atoms. The van der Waals surface area contributed by atoms with Crippen LogP contribution in [0, 0.1) is 0 Å². The van der Waals surface area contributed by atoms with Crippen LogP contribution in [0.15, 0.2) is 35.1 Å². The van der Waals surface area contributed by atoms with Crippen LogP contribution in [0.3, 0.4) is 0 Å². The van der Waals surface area contributed by atoms with Crippen molar-refractivity contribution in [3.8, 4) is 0 Å². The van der Waals surface area contributed by atoms with Crippen LogP contribution in [-0.4, -0.2) is 4.98 Å². The van der Waals surface area contributed by atoms with Gasteiger partial charge in [-0.3, -0.25) is 4.79 Å². The van der Waals surface area contributed by atoms with Crippen molar-refractivity contribution in [3.63, 3.8) is 0 Å². The Morgan fingerprint density at radius 2 is 2.08 bits per heavy atom. The Labute approximate surface area is 76.2 Å². The highest BCUT2D eigenvalue weighted by atomic mass is 16.1. The molecule has 0 fully saturated rings. The SMILES string of the molecule is CCc1cc2ccccc2[nH]c1=O. The van der Waals surface area contributed by atoms with E-state index in [-0.39, 0.29) is 5.56 Å². The number of fused-ring (bicyclic) bond motifs is 1. The molecule has 2 rings (SSSR count). The normalized spacial score (nSPS) is 10.5. The van der Waals surface area contributed by atoms with Crippen LogP contribution < -0.4 is 5.56 Å². The van der Waals surface area contributed by atoms with E-state index in [1.165, 1.54) is 0 Å². The molecule has 2 heteroatoms. The first-order valence-corrected chi connectivity index (χ1v) is 4.42. The number of aryl methyl sites for hydroxylation is 1. The van der Waals surface area contributed by atoms with Crippen molar-refractivity contribution in [1.82, 2.24) is 4.98 Å². The minimum atomic E-state index is 0.0289. The summed E-state index contributed by atoms with van der Waals surface area (Å²) in [5, 5.41) is 1.10. The van der Waals surface area contributed by atoms with Gasteiger partial charge in [-0.15, -0.1) is 0 Å². The molecule has 2 aromatic rings. The van der Waals surface area contributed by atoms with Crippen molar-refractivity contribution in [3.05, 3.63) is 46.2 Å². The molecule has 0 atom stereocenters. The molecule has 0 aliphatic rings. The maximum Gasteiger partial charge on any atom is 0.251 e. The fourth-order valence-electron chi connectivity index (χ4n) is 1.46. The number of H-pyrrole nitrogens is 1. The molecule has 66 valence electrons. The van der Waals surface area contributed by atoms with Gasteiger partial charge in [-0.2, -0.15) is 0 Å². The number of para-hydroxylation sites is 1. The molecule has 13 heavy (non-hydrogen) atoms. The Hall–Kier alpha value is -1.57. The third kappa shape index (κ3) is 1.35. The second-order valence-electron chi connectivity index (χ2n) is 3.06. The highest BCUT2D eigenvalue weighted by Crippen LogP contribution is 2.09. The van der Waals surface area contributed by atoms with Crippen LogP contribution >= 0.6 is 0 Å². The molecular weight excluding hydrogens is 162 g/mol. The molecule has 0 spiro atoms. The first-order chi connectivity index (χ1) is 6.31.